The largest absolute Gasteiger partial charge is 0.378 e. The van der Waals surface area contributed by atoms with Crippen LogP contribution in [-0.4, -0.2) is 29.8 Å². The van der Waals surface area contributed by atoms with Crippen LogP contribution in [0.1, 0.15) is 56.9 Å². The van der Waals surface area contributed by atoms with Gasteiger partial charge in [-0.2, -0.15) is 0 Å². The summed E-state index contributed by atoms with van der Waals surface area (Å²) in [5.74, 6) is 0.782. The van der Waals surface area contributed by atoms with Gasteiger partial charge in [0.2, 0.25) is 5.91 Å². The number of hydrogen-bond donors (Lipinski definition) is 1. The van der Waals surface area contributed by atoms with Crippen molar-refractivity contribution in [2.75, 3.05) is 6.61 Å². The van der Waals surface area contributed by atoms with Crippen molar-refractivity contribution in [2.24, 2.45) is 5.41 Å². The van der Waals surface area contributed by atoms with E-state index in [2.05, 4.69) is 17.4 Å². The highest BCUT2D eigenvalue weighted by atomic mass is 16.5. The molecule has 0 unspecified atom stereocenters. The normalized spacial score (nSPS) is 26.6. The molecule has 0 radical (unpaired) electrons. The van der Waals surface area contributed by atoms with E-state index in [0.29, 0.717) is 18.2 Å². The Morgan fingerprint density at radius 3 is 2.86 bits per heavy atom. The standard InChI is InChI=1S/C17H26N2O3/c1-3-21-15-11-14(17(15)7-5-4-6-8-17)18-16(20)10-13-9-12(2)22-19-13/h9,14-15H,3-8,10-11H2,1-2H3,(H,18,20)/t14-,15+/m1/s1. The van der Waals surface area contributed by atoms with E-state index in [-0.39, 0.29) is 17.4 Å². The van der Waals surface area contributed by atoms with E-state index in [1.54, 1.807) is 0 Å². The second kappa shape index (κ2) is 6.41. The molecule has 0 aliphatic heterocycles. The molecular formula is C17H26N2O3. The quantitative estimate of drug-likeness (QED) is 0.908. The number of aromatic nitrogens is 1. The Morgan fingerprint density at radius 1 is 1.45 bits per heavy atom. The van der Waals surface area contributed by atoms with Crippen molar-refractivity contribution in [3.05, 3.63) is 17.5 Å². The van der Waals surface area contributed by atoms with Gasteiger partial charge in [0.05, 0.1) is 18.2 Å². The maximum Gasteiger partial charge on any atom is 0.226 e. The smallest absolute Gasteiger partial charge is 0.226 e. The lowest BCUT2D eigenvalue weighted by Crippen LogP contribution is -2.65. The van der Waals surface area contributed by atoms with Crippen molar-refractivity contribution >= 4 is 5.91 Å². The molecule has 5 heteroatoms. The van der Waals surface area contributed by atoms with Gasteiger partial charge in [-0.3, -0.25) is 4.79 Å². The Bertz CT molecular complexity index is 520. The van der Waals surface area contributed by atoms with Crippen LogP contribution in [0, 0.1) is 12.3 Å². The Kier molecular flexibility index (Phi) is 4.52. The highest BCUT2D eigenvalue weighted by molar-refractivity contribution is 5.78. The van der Waals surface area contributed by atoms with Gasteiger partial charge in [0.25, 0.3) is 0 Å². The van der Waals surface area contributed by atoms with Gasteiger partial charge < -0.3 is 14.6 Å². The average Bonchev–Trinajstić information content (AvgIpc) is 2.92. The van der Waals surface area contributed by atoms with Gasteiger partial charge in [0, 0.05) is 24.1 Å². The molecule has 2 saturated carbocycles. The van der Waals surface area contributed by atoms with E-state index in [1.807, 2.05) is 13.0 Å². The Hall–Kier alpha value is -1.36. The maximum atomic E-state index is 12.3. The van der Waals surface area contributed by atoms with Gasteiger partial charge >= 0.3 is 0 Å². The predicted octanol–water partition coefficient (Wildman–Crippen LogP) is 2.77. The van der Waals surface area contributed by atoms with Gasteiger partial charge in [0.1, 0.15) is 5.76 Å². The van der Waals surface area contributed by atoms with Crippen molar-refractivity contribution in [3.63, 3.8) is 0 Å². The van der Waals surface area contributed by atoms with Crippen molar-refractivity contribution < 1.29 is 14.1 Å². The number of amides is 1. The van der Waals surface area contributed by atoms with Crippen LogP contribution in [0.15, 0.2) is 10.6 Å². The Labute approximate surface area is 131 Å². The van der Waals surface area contributed by atoms with Crippen molar-refractivity contribution in [1.82, 2.24) is 10.5 Å². The first-order chi connectivity index (χ1) is 10.6. The fourth-order valence-electron chi connectivity index (χ4n) is 4.18. The highest BCUT2D eigenvalue weighted by Gasteiger charge is 2.56. The number of carbonyl (C=O) groups excluding carboxylic acids is 1. The van der Waals surface area contributed by atoms with Crippen LogP contribution in [0.3, 0.4) is 0 Å². The summed E-state index contributed by atoms with van der Waals surface area (Å²) in [5, 5.41) is 7.12. The molecule has 122 valence electrons. The van der Waals surface area contributed by atoms with E-state index in [9.17, 15) is 4.79 Å². The summed E-state index contributed by atoms with van der Waals surface area (Å²) in [4.78, 5) is 12.3. The number of nitrogens with one attached hydrogen (secondary N) is 1. The zero-order chi connectivity index (χ0) is 15.6. The second-order valence-corrected chi connectivity index (χ2v) is 6.70. The minimum absolute atomic E-state index is 0.0400. The predicted molar refractivity (Wildman–Crippen MR) is 82.4 cm³/mol. The molecular weight excluding hydrogens is 280 g/mol. The summed E-state index contributed by atoms with van der Waals surface area (Å²) < 4.78 is 10.9. The fraction of sp³-hybridized carbons (Fsp3) is 0.765. The zero-order valence-corrected chi connectivity index (χ0v) is 13.6. The topological polar surface area (TPSA) is 64.4 Å². The van der Waals surface area contributed by atoms with Crippen LogP contribution >= 0.6 is 0 Å². The monoisotopic (exact) mass is 306 g/mol. The molecule has 0 saturated heterocycles. The highest BCUT2D eigenvalue weighted by Crippen LogP contribution is 2.53. The molecule has 1 heterocycles. The third-order valence-corrected chi connectivity index (χ3v) is 5.29. The molecule has 3 rings (SSSR count). The molecule has 2 fully saturated rings. The van der Waals surface area contributed by atoms with Gasteiger partial charge in [-0.15, -0.1) is 0 Å². The van der Waals surface area contributed by atoms with Gasteiger partial charge in [-0.25, -0.2) is 0 Å². The number of aryl methyl sites for hydroxylation is 1. The molecule has 1 aromatic rings. The molecule has 1 aromatic heterocycles. The number of ether oxygens (including phenoxy) is 1. The lowest BCUT2D eigenvalue weighted by molar-refractivity contribution is -0.156. The van der Waals surface area contributed by atoms with Crippen LogP contribution < -0.4 is 5.32 Å². The fourth-order valence-corrected chi connectivity index (χ4v) is 4.18. The summed E-state index contributed by atoms with van der Waals surface area (Å²) in [6.45, 7) is 4.64. The lowest BCUT2D eigenvalue weighted by Gasteiger charge is -2.57. The van der Waals surface area contributed by atoms with Crippen LogP contribution in [0.4, 0.5) is 0 Å². The molecule has 1 spiro atoms. The molecule has 5 nitrogen and oxygen atoms in total. The number of rotatable bonds is 5. The Balaban J connectivity index is 1.60. The third kappa shape index (κ3) is 2.91. The zero-order valence-electron chi connectivity index (χ0n) is 13.6. The minimum Gasteiger partial charge on any atom is -0.378 e. The molecule has 1 N–H and O–H groups in total. The maximum absolute atomic E-state index is 12.3. The van der Waals surface area contributed by atoms with Crippen molar-refractivity contribution in [3.8, 4) is 0 Å². The van der Waals surface area contributed by atoms with Gasteiger partial charge in [0.15, 0.2) is 0 Å². The van der Waals surface area contributed by atoms with Gasteiger partial charge in [-0.05, 0) is 33.1 Å². The molecule has 2 aliphatic rings. The number of hydrogen-bond acceptors (Lipinski definition) is 4. The minimum atomic E-state index is 0.0400. The van der Waals surface area contributed by atoms with E-state index in [0.717, 1.165) is 18.8 Å². The van der Waals surface area contributed by atoms with Crippen LogP contribution in [0.2, 0.25) is 0 Å². The summed E-state index contributed by atoms with van der Waals surface area (Å²) in [6, 6.07) is 2.07. The summed E-state index contributed by atoms with van der Waals surface area (Å²) in [7, 11) is 0. The van der Waals surface area contributed by atoms with Crippen LogP contribution in [0.25, 0.3) is 0 Å². The first-order valence-corrected chi connectivity index (χ1v) is 8.47. The summed E-state index contributed by atoms with van der Waals surface area (Å²) in [5.41, 5.74) is 0.872. The SMILES string of the molecule is CCO[C@H]1C[C@@H](NC(=O)Cc2cc(C)on2)C12CCCCC2. The molecule has 0 bridgehead atoms. The number of carbonyl (C=O) groups is 1. The van der Waals surface area contributed by atoms with Crippen molar-refractivity contribution in [2.45, 2.75) is 70.9 Å². The number of nitrogens with zero attached hydrogens (tertiary/aromatic N) is 1. The summed E-state index contributed by atoms with van der Waals surface area (Å²) >= 11 is 0. The molecule has 2 atom stereocenters. The third-order valence-electron chi connectivity index (χ3n) is 5.29. The van der Waals surface area contributed by atoms with Crippen LogP contribution in [-0.2, 0) is 16.0 Å². The van der Waals surface area contributed by atoms with Crippen LogP contribution in [0.5, 0.6) is 0 Å². The van der Waals surface area contributed by atoms with E-state index >= 15 is 0 Å². The second-order valence-electron chi connectivity index (χ2n) is 6.70. The molecule has 2 aliphatic carbocycles. The van der Waals surface area contributed by atoms with E-state index in [4.69, 9.17) is 9.26 Å². The van der Waals surface area contributed by atoms with E-state index in [1.165, 1.54) is 32.1 Å². The first-order valence-electron chi connectivity index (χ1n) is 8.47. The summed E-state index contributed by atoms with van der Waals surface area (Å²) in [6.07, 6.45) is 7.70. The molecule has 1 amide bonds. The Morgan fingerprint density at radius 2 is 2.23 bits per heavy atom. The molecule has 0 aromatic carbocycles. The average molecular weight is 306 g/mol. The lowest BCUT2D eigenvalue weighted by atomic mass is 9.55. The first kappa shape index (κ1) is 15.5. The molecule has 22 heavy (non-hydrogen) atoms. The van der Waals surface area contributed by atoms with E-state index < -0.39 is 0 Å². The van der Waals surface area contributed by atoms with Crippen molar-refractivity contribution in [1.29, 1.82) is 0 Å². The van der Waals surface area contributed by atoms with Gasteiger partial charge in [-0.1, -0.05) is 24.4 Å².